The number of ether oxygens (including phenoxy) is 2. The molecule has 0 atom stereocenters. The summed E-state index contributed by atoms with van der Waals surface area (Å²) in [6.07, 6.45) is -0.503. The quantitative estimate of drug-likeness (QED) is 0.853. The van der Waals surface area contributed by atoms with Crippen LogP contribution < -0.4 is 5.32 Å². The molecule has 0 fully saturated rings. The molecule has 6 heteroatoms. The van der Waals surface area contributed by atoms with Gasteiger partial charge in [-0.1, -0.05) is 12.1 Å². The molecule has 0 saturated carbocycles. The lowest BCUT2D eigenvalue weighted by molar-refractivity contribution is -0.139. The Hall–Kier alpha value is -1.56. The maximum atomic E-state index is 11.8. The van der Waals surface area contributed by atoms with E-state index in [0.29, 0.717) is 15.7 Å². The largest absolute Gasteiger partial charge is 0.469 e. The number of carbonyl (C=O) groups is 2. The van der Waals surface area contributed by atoms with Crippen LogP contribution in [-0.4, -0.2) is 24.8 Å². The fourth-order valence-corrected chi connectivity index (χ4v) is 2.00. The van der Waals surface area contributed by atoms with Crippen LogP contribution in [0.3, 0.4) is 0 Å². The zero-order valence-electron chi connectivity index (χ0n) is 12.0. The second kappa shape index (κ2) is 6.74. The SMILES string of the molecule is COC(=O)Cc1cccc(Br)c1NC(=O)OC(C)(C)C. The molecular formula is C14H18BrNO4. The average Bonchev–Trinajstić information content (AvgIpc) is 2.31. The molecule has 110 valence electrons. The zero-order valence-corrected chi connectivity index (χ0v) is 13.5. The van der Waals surface area contributed by atoms with E-state index in [1.54, 1.807) is 39.0 Å². The fraction of sp³-hybridized carbons (Fsp3) is 0.429. The van der Waals surface area contributed by atoms with Crippen molar-refractivity contribution in [1.82, 2.24) is 0 Å². The molecule has 1 aromatic rings. The summed E-state index contributed by atoms with van der Waals surface area (Å²) in [5, 5.41) is 2.65. The van der Waals surface area contributed by atoms with Crippen LogP contribution in [0.2, 0.25) is 0 Å². The van der Waals surface area contributed by atoms with E-state index in [-0.39, 0.29) is 12.4 Å². The Morgan fingerprint density at radius 3 is 2.50 bits per heavy atom. The highest BCUT2D eigenvalue weighted by Crippen LogP contribution is 2.27. The van der Waals surface area contributed by atoms with Gasteiger partial charge in [-0.15, -0.1) is 0 Å². The van der Waals surface area contributed by atoms with E-state index >= 15 is 0 Å². The summed E-state index contributed by atoms with van der Waals surface area (Å²) in [6.45, 7) is 5.34. The van der Waals surface area contributed by atoms with Gasteiger partial charge < -0.3 is 9.47 Å². The fourth-order valence-electron chi connectivity index (χ4n) is 1.49. The molecule has 1 aromatic carbocycles. The molecule has 0 aliphatic carbocycles. The summed E-state index contributed by atoms with van der Waals surface area (Å²) in [6, 6.07) is 5.30. The van der Waals surface area contributed by atoms with Crippen LogP contribution in [-0.2, 0) is 20.7 Å². The van der Waals surface area contributed by atoms with Gasteiger partial charge >= 0.3 is 12.1 Å². The lowest BCUT2D eigenvalue weighted by Gasteiger charge is -2.21. The third kappa shape index (κ3) is 5.21. The zero-order chi connectivity index (χ0) is 15.3. The van der Waals surface area contributed by atoms with Gasteiger partial charge in [0.25, 0.3) is 0 Å². The Kier molecular flexibility index (Phi) is 5.56. The number of esters is 1. The Labute approximate surface area is 126 Å². The van der Waals surface area contributed by atoms with E-state index in [1.165, 1.54) is 7.11 Å². The van der Waals surface area contributed by atoms with Crippen molar-refractivity contribution in [3.63, 3.8) is 0 Å². The maximum absolute atomic E-state index is 11.8. The number of benzene rings is 1. The van der Waals surface area contributed by atoms with E-state index < -0.39 is 11.7 Å². The molecule has 0 aromatic heterocycles. The monoisotopic (exact) mass is 343 g/mol. The molecule has 1 amide bonds. The molecule has 0 aliphatic heterocycles. The molecule has 1 N–H and O–H groups in total. The number of hydrogen-bond donors (Lipinski definition) is 1. The number of nitrogens with one attached hydrogen (secondary N) is 1. The molecule has 5 nitrogen and oxygen atoms in total. The van der Waals surface area contributed by atoms with Gasteiger partial charge in [-0.25, -0.2) is 4.79 Å². The normalized spacial score (nSPS) is 10.8. The van der Waals surface area contributed by atoms with E-state index in [0.717, 1.165) is 0 Å². The second-order valence-corrected chi connectivity index (χ2v) is 6.01. The number of halogens is 1. The van der Waals surface area contributed by atoms with Gasteiger partial charge in [0.05, 0.1) is 19.2 Å². The van der Waals surface area contributed by atoms with Gasteiger partial charge in [-0.3, -0.25) is 10.1 Å². The number of methoxy groups -OCH3 is 1. The number of carbonyl (C=O) groups excluding carboxylic acids is 2. The number of hydrogen-bond acceptors (Lipinski definition) is 4. The summed E-state index contributed by atoms with van der Waals surface area (Å²) in [5.74, 6) is -0.379. The topological polar surface area (TPSA) is 64.6 Å². The van der Waals surface area contributed by atoms with Crippen LogP contribution in [0.4, 0.5) is 10.5 Å². The lowest BCUT2D eigenvalue weighted by atomic mass is 10.1. The number of amides is 1. The van der Waals surface area contributed by atoms with Crippen LogP contribution >= 0.6 is 15.9 Å². The lowest BCUT2D eigenvalue weighted by Crippen LogP contribution is -2.27. The van der Waals surface area contributed by atoms with Crippen molar-refractivity contribution in [3.05, 3.63) is 28.2 Å². The van der Waals surface area contributed by atoms with Crippen LogP contribution in [0, 0.1) is 0 Å². The molecule has 0 unspecified atom stereocenters. The molecule has 20 heavy (non-hydrogen) atoms. The number of para-hydroxylation sites is 1. The molecule has 1 rings (SSSR count). The maximum Gasteiger partial charge on any atom is 0.412 e. The summed E-state index contributed by atoms with van der Waals surface area (Å²) in [4.78, 5) is 23.2. The van der Waals surface area contributed by atoms with Crippen molar-refractivity contribution in [2.24, 2.45) is 0 Å². The summed E-state index contributed by atoms with van der Waals surface area (Å²) < 4.78 is 10.5. The van der Waals surface area contributed by atoms with Crippen molar-refractivity contribution >= 4 is 33.7 Å². The van der Waals surface area contributed by atoms with Crippen molar-refractivity contribution in [2.75, 3.05) is 12.4 Å². The Morgan fingerprint density at radius 1 is 1.30 bits per heavy atom. The summed E-state index contributed by atoms with van der Waals surface area (Å²) in [7, 11) is 1.32. The molecular weight excluding hydrogens is 326 g/mol. The first kappa shape index (κ1) is 16.5. The predicted octanol–water partition coefficient (Wildman–Crippen LogP) is 3.51. The van der Waals surface area contributed by atoms with Crippen molar-refractivity contribution in [2.45, 2.75) is 32.8 Å². The van der Waals surface area contributed by atoms with Crippen LogP contribution in [0.5, 0.6) is 0 Å². The van der Waals surface area contributed by atoms with Crippen LogP contribution in [0.15, 0.2) is 22.7 Å². The van der Waals surface area contributed by atoms with E-state index in [4.69, 9.17) is 4.74 Å². The highest BCUT2D eigenvalue weighted by Gasteiger charge is 2.19. The smallest absolute Gasteiger partial charge is 0.412 e. The van der Waals surface area contributed by atoms with Gasteiger partial charge in [0.15, 0.2) is 0 Å². The van der Waals surface area contributed by atoms with E-state index in [2.05, 4.69) is 26.0 Å². The minimum atomic E-state index is -0.589. The Balaban J connectivity index is 2.93. The van der Waals surface area contributed by atoms with E-state index in [1.807, 2.05) is 0 Å². The number of anilines is 1. The summed E-state index contributed by atoms with van der Waals surface area (Å²) in [5.41, 5.74) is 0.567. The van der Waals surface area contributed by atoms with Crippen molar-refractivity contribution in [1.29, 1.82) is 0 Å². The van der Waals surface area contributed by atoms with E-state index in [9.17, 15) is 9.59 Å². The molecule has 0 heterocycles. The summed E-state index contributed by atoms with van der Waals surface area (Å²) >= 11 is 3.34. The molecule has 0 bridgehead atoms. The standard InChI is InChI=1S/C14H18BrNO4/c1-14(2,3)20-13(18)16-12-9(8-11(17)19-4)6-5-7-10(12)15/h5-7H,8H2,1-4H3,(H,16,18). The van der Waals surface area contributed by atoms with Gasteiger partial charge in [0, 0.05) is 4.47 Å². The predicted molar refractivity (Wildman–Crippen MR) is 79.7 cm³/mol. The molecule has 0 spiro atoms. The van der Waals surface area contributed by atoms with Crippen molar-refractivity contribution in [3.8, 4) is 0 Å². The highest BCUT2D eigenvalue weighted by atomic mass is 79.9. The Bertz CT molecular complexity index is 508. The van der Waals surface area contributed by atoms with Gasteiger partial charge in [0.2, 0.25) is 0 Å². The van der Waals surface area contributed by atoms with Crippen LogP contribution in [0.1, 0.15) is 26.3 Å². The van der Waals surface area contributed by atoms with Gasteiger partial charge in [-0.05, 0) is 48.3 Å². The highest BCUT2D eigenvalue weighted by molar-refractivity contribution is 9.10. The van der Waals surface area contributed by atoms with Gasteiger partial charge in [-0.2, -0.15) is 0 Å². The van der Waals surface area contributed by atoms with Crippen molar-refractivity contribution < 1.29 is 19.1 Å². The average molecular weight is 344 g/mol. The minimum Gasteiger partial charge on any atom is -0.469 e. The molecule has 0 saturated heterocycles. The second-order valence-electron chi connectivity index (χ2n) is 5.15. The first-order valence-corrected chi connectivity index (χ1v) is 6.86. The number of rotatable bonds is 3. The Morgan fingerprint density at radius 2 is 1.95 bits per heavy atom. The third-order valence-electron chi connectivity index (χ3n) is 2.29. The first-order valence-electron chi connectivity index (χ1n) is 6.07. The minimum absolute atomic E-state index is 0.0705. The van der Waals surface area contributed by atoms with Crippen LogP contribution in [0.25, 0.3) is 0 Å². The molecule has 0 aliphatic rings. The first-order chi connectivity index (χ1) is 9.23. The molecule has 0 radical (unpaired) electrons. The third-order valence-corrected chi connectivity index (χ3v) is 2.95. The van der Waals surface area contributed by atoms with Gasteiger partial charge in [0.1, 0.15) is 5.60 Å².